The van der Waals surface area contributed by atoms with E-state index >= 15 is 0 Å². The highest BCUT2D eigenvalue weighted by Crippen LogP contribution is 2.33. The molecule has 1 saturated carbocycles. The zero-order valence-electron chi connectivity index (χ0n) is 11.4. The quantitative estimate of drug-likeness (QED) is 0.817. The van der Waals surface area contributed by atoms with Crippen LogP contribution in [0.2, 0.25) is 15.1 Å². The first-order valence-electron chi connectivity index (χ1n) is 6.78. The number of carbonyl (C=O) groups is 1. The number of hydrogen-bond acceptors (Lipinski definition) is 3. The maximum atomic E-state index is 11.9. The van der Waals surface area contributed by atoms with Crippen molar-refractivity contribution in [1.29, 1.82) is 0 Å². The number of carbonyl (C=O) groups excluding carboxylic acids is 1. The molecule has 1 amide bonds. The van der Waals surface area contributed by atoms with E-state index in [0.717, 1.165) is 25.7 Å². The van der Waals surface area contributed by atoms with Gasteiger partial charge in [0.2, 0.25) is 0 Å². The van der Waals surface area contributed by atoms with Crippen molar-refractivity contribution >= 4 is 40.7 Å². The Labute approximate surface area is 138 Å². The van der Waals surface area contributed by atoms with E-state index in [2.05, 4.69) is 5.32 Å². The summed E-state index contributed by atoms with van der Waals surface area (Å²) in [4.78, 5) is 11.9. The molecule has 1 aromatic carbocycles. The molecule has 0 saturated heterocycles. The van der Waals surface area contributed by atoms with Crippen molar-refractivity contribution in [2.45, 2.75) is 37.8 Å². The van der Waals surface area contributed by atoms with E-state index < -0.39 is 0 Å². The molecular weight excluding hydrogens is 335 g/mol. The van der Waals surface area contributed by atoms with Crippen molar-refractivity contribution in [2.24, 2.45) is 5.73 Å². The van der Waals surface area contributed by atoms with Crippen LogP contribution in [0.4, 0.5) is 0 Å². The van der Waals surface area contributed by atoms with E-state index in [1.54, 1.807) is 0 Å². The molecule has 1 aliphatic rings. The van der Waals surface area contributed by atoms with E-state index in [1.807, 2.05) is 0 Å². The lowest BCUT2D eigenvalue weighted by atomic mass is 9.92. The number of amides is 1. The Bertz CT molecular complexity index is 517. The summed E-state index contributed by atoms with van der Waals surface area (Å²) in [5.41, 5.74) is 5.83. The first-order chi connectivity index (χ1) is 9.95. The summed E-state index contributed by atoms with van der Waals surface area (Å²) in [5.74, 6) is 0.157. The Morgan fingerprint density at radius 2 is 1.76 bits per heavy atom. The normalized spacial score (nSPS) is 21.9. The number of hydrogen-bond donors (Lipinski definition) is 2. The summed E-state index contributed by atoms with van der Waals surface area (Å²) in [6.07, 6.45) is 3.68. The van der Waals surface area contributed by atoms with Crippen LogP contribution in [0.15, 0.2) is 12.1 Å². The molecule has 116 valence electrons. The van der Waals surface area contributed by atoms with Crippen molar-refractivity contribution in [1.82, 2.24) is 5.32 Å². The van der Waals surface area contributed by atoms with Crippen LogP contribution in [-0.2, 0) is 4.79 Å². The number of nitrogens with two attached hydrogens (primary N) is 1. The molecule has 1 fully saturated rings. The third-order valence-electron chi connectivity index (χ3n) is 3.47. The molecule has 7 heteroatoms. The second kappa shape index (κ2) is 7.54. The third-order valence-corrected chi connectivity index (χ3v) is 4.49. The molecule has 0 spiro atoms. The van der Waals surface area contributed by atoms with Crippen molar-refractivity contribution in [2.75, 3.05) is 6.61 Å². The molecule has 0 heterocycles. The second-order valence-electron chi connectivity index (χ2n) is 5.16. The molecule has 21 heavy (non-hydrogen) atoms. The Morgan fingerprint density at radius 1 is 1.14 bits per heavy atom. The average molecular weight is 352 g/mol. The van der Waals surface area contributed by atoms with Crippen molar-refractivity contribution in [3.8, 4) is 5.75 Å². The van der Waals surface area contributed by atoms with Crippen LogP contribution in [0, 0.1) is 0 Å². The number of halogens is 3. The van der Waals surface area contributed by atoms with Crippen LogP contribution in [0.1, 0.15) is 25.7 Å². The number of nitrogens with one attached hydrogen (secondary N) is 1. The molecule has 0 bridgehead atoms. The van der Waals surface area contributed by atoms with Crippen LogP contribution >= 0.6 is 34.8 Å². The molecule has 0 atom stereocenters. The summed E-state index contributed by atoms with van der Waals surface area (Å²) in [6, 6.07) is 3.41. The fourth-order valence-electron chi connectivity index (χ4n) is 2.29. The number of ether oxygens (including phenoxy) is 1. The average Bonchev–Trinajstić information content (AvgIpc) is 2.44. The summed E-state index contributed by atoms with van der Waals surface area (Å²) >= 11 is 17.7. The summed E-state index contributed by atoms with van der Waals surface area (Å²) < 4.78 is 5.39. The molecule has 1 aromatic rings. The van der Waals surface area contributed by atoms with Crippen LogP contribution < -0.4 is 15.8 Å². The monoisotopic (exact) mass is 350 g/mol. The summed E-state index contributed by atoms with van der Waals surface area (Å²) in [6.45, 7) is -0.111. The van der Waals surface area contributed by atoms with Gasteiger partial charge in [0.25, 0.3) is 5.91 Å². The second-order valence-corrected chi connectivity index (χ2v) is 6.39. The highest BCUT2D eigenvalue weighted by Gasteiger charge is 2.20. The van der Waals surface area contributed by atoms with Gasteiger partial charge in [-0.3, -0.25) is 4.79 Å². The van der Waals surface area contributed by atoms with Gasteiger partial charge in [-0.1, -0.05) is 34.8 Å². The molecule has 0 aromatic heterocycles. The SMILES string of the molecule is NC1CCC(NC(=O)COc2cc(Cl)c(Cl)cc2Cl)CC1. The molecule has 2 rings (SSSR count). The van der Waals surface area contributed by atoms with Crippen molar-refractivity contribution < 1.29 is 9.53 Å². The van der Waals surface area contributed by atoms with Crippen LogP contribution in [0.3, 0.4) is 0 Å². The minimum atomic E-state index is -0.183. The molecule has 0 radical (unpaired) electrons. The van der Waals surface area contributed by atoms with Crippen LogP contribution in [-0.4, -0.2) is 24.6 Å². The van der Waals surface area contributed by atoms with E-state index in [4.69, 9.17) is 45.3 Å². The van der Waals surface area contributed by atoms with Gasteiger partial charge in [0, 0.05) is 18.2 Å². The van der Waals surface area contributed by atoms with Crippen LogP contribution in [0.25, 0.3) is 0 Å². The maximum absolute atomic E-state index is 11.9. The fraction of sp³-hybridized carbons (Fsp3) is 0.500. The summed E-state index contributed by atoms with van der Waals surface area (Å²) in [5, 5.41) is 3.93. The van der Waals surface area contributed by atoms with Crippen molar-refractivity contribution in [3.05, 3.63) is 27.2 Å². The zero-order valence-corrected chi connectivity index (χ0v) is 13.6. The minimum Gasteiger partial charge on any atom is -0.482 e. The molecule has 0 aliphatic heterocycles. The van der Waals surface area contributed by atoms with Gasteiger partial charge in [-0.15, -0.1) is 0 Å². The van der Waals surface area contributed by atoms with Gasteiger partial charge in [-0.2, -0.15) is 0 Å². The molecule has 0 unspecified atom stereocenters. The van der Waals surface area contributed by atoms with Gasteiger partial charge < -0.3 is 15.8 Å². The van der Waals surface area contributed by atoms with Gasteiger partial charge >= 0.3 is 0 Å². The van der Waals surface area contributed by atoms with Crippen LogP contribution in [0.5, 0.6) is 5.75 Å². The Balaban J connectivity index is 1.83. The third kappa shape index (κ3) is 4.92. The Morgan fingerprint density at radius 3 is 2.43 bits per heavy atom. The van der Waals surface area contributed by atoms with Gasteiger partial charge in [0.15, 0.2) is 6.61 Å². The van der Waals surface area contributed by atoms with Crippen molar-refractivity contribution in [3.63, 3.8) is 0 Å². The van der Waals surface area contributed by atoms with E-state index in [0.29, 0.717) is 20.8 Å². The Kier molecular flexibility index (Phi) is 5.99. The first kappa shape index (κ1) is 16.7. The zero-order chi connectivity index (χ0) is 15.4. The first-order valence-corrected chi connectivity index (χ1v) is 7.91. The van der Waals surface area contributed by atoms with Gasteiger partial charge in [-0.25, -0.2) is 0 Å². The van der Waals surface area contributed by atoms with Gasteiger partial charge in [0.05, 0.1) is 15.1 Å². The van der Waals surface area contributed by atoms with E-state index in [1.165, 1.54) is 12.1 Å². The smallest absolute Gasteiger partial charge is 0.258 e. The van der Waals surface area contributed by atoms with Gasteiger partial charge in [0.1, 0.15) is 5.75 Å². The lowest BCUT2D eigenvalue weighted by Gasteiger charge is -2.26. The predicted octanol–water partition coefficient (Wildman–Crippen LogP) is 3.41. The highest BCUT2D eigenvalue weighted by molar-refractivity contribution is 6.43. The molecule has 3 N–H and O–H groups in total. The lowest BCUT2D eigenvalue weighted by Crippen LogP contribution is -2.42. The predicted molar refractivity (Wildman–Crippen MR) is 85.3 cm³/mol. The fourth-order valence-corrected chi connectivity index (χ4v) is 2.88. The molecular formula is C14H17Cl3N2O2. The Hall–Kier alpha value is -0.680. The largest absolute Gasteiger partial charge is 0.482 e. The van der Waals surface area contributed by atoms with E-state index in [-0.39, 0.29) is 24.6 Å². The molecule has 1 aliphatic carbocycles. The topological polar surface area (TPSA) is 64.3 Å². The van der Waals surface area contributed by atoms with E-state index in [9.17, 15) is 4.79 Å². The minimum absolute atomic E-state index is 0.111. The molecule has 4 nitrogen and oxygen atoms in total. The number of benzene rings is 1. The maximum Gasteiger partial charge on any atom is 0.258 e. The lowest BCUT2D eigenvalue weighted by molar-refractivity contribution is -0.124. The standard InChI is InChI=1S/C14H17Cl3N2O2/c15-10-5-12(17)13(6-11(10)16)21-7-14(20)19-9-3-1-8(18)2-4-9/h5-6,8-9H,1-4,7,18H2,(H,19,20). The number of rotatable bonds is 4. The van der Waals surface area contributed by atoms with Gasteiger partial charge in [-0.05, 0) is 31.7 Å². The highest BCUT2D eigenvalue weighted by atomic mass is 35.5. The summed E-state index contributed by atoms with van der Waals surface area (Å²) in [7, 11) is 0.